The van der Waals surface area contributed by atoms with Crippen molar-refractivity contribution in [3.05, 3.63) is 41.2 Å². The Kier molecular flexibility index (Phi) is 2.65. The molecule has 2 N–H and O–H groups in total. The Morgan fingerprint density at radius 1 is 1.13 bits per heavy atom. The van der Waals surface area contributed by atoms with Crippen molar-refractivity contribution in [2.45, 2.75) is 0 Å². The van der Waals surface area contributed by atoms with Gasteiger partial charge in [0.25, 0.3) is 0 Å². The van der Waals surface area contributed by atoms with Gasteiger partial charge in [0.2, 0.25) is 0 Å². The van der Waals surface area contributed by atoms with Crippen LogP contribution in [0.1, 0.15) is 0 Å². The Morgan fingerprint density at radius 2 is 1.87 bits per heavy atom. The molecule has 0 aliphatic rings. The zero-order valence-electron chi connectivity index (χ0n) is 7.61. The fourth-order valence-corrected chi connectivity index (χ4v) is 1.83. The second-order valence-corrected chi connectivity index (χ2v) is 3.56. The molecule has 0 aromatic heterocycles. The van der Waals surface area contributed by atoms with Crippen molar-refractivity contribution in [3.63, 3.8) is 0 Å². The van der Waals surface area contributed by atoms with Crippen LogP contribution in [0.25, 0.3) is 10.8 Å². The van der Waals surface area contributed by atoms with Crippen molar-refractivity contribution < 1.29 is 14.4 Å². The quantitative estimate of drug-likeness (QED) is 0.717. The first kappa shape index (κ1) is 10.4. The standard InChI is InChI=1S/C10H7BClFO2/c12-10-8(13)5-4-6-2-1-3-7(9(6)10)11(14)15/h1-5,14-15H. The van der Waals surface area contributed by atoms with Gasteiger partial charge in [-0.3, -0.25) is 0 Å². The lowest BCUT2D eigenvalue weighted by molar-refractivity contribution is 0.426. The maximum Gasteiger partial charge on any atom is 0.489 e. The fourth-order valence-electron chi connectivity index (χ4n) is 1.55. The van der Waals surface area contributed by atoms with E-state index in [2.05, 4.69) is 0 Å². The summed E-state index contributed by atoms with van der Waals surface area (Å²) in [6, 6.07) is 7.68. The normalized spacial score (nSPS) is 10.7. The predicted molar refractivity (Wildman–Crippen MR) is 58.7 cm³/mol. The third kappa shape index (κ3) is 1.72. The Morgan fingerprint density at radius 3 is 2.53 bits per heavy atom. The van der Waals surface area contributed by atoms with Crippen LogP contribution in [0.4, 0.5) is 4.39 Å². The second kappa shape index (κ2) is 3.81. The Bertz CT molecular complexity index is 516. The lowest BCUT2D eigenvalue weighted by Crippen LogP contribution is -2.30. The van der Waals surface area contributed by atoms with Gasteiger partial charge in [0.15, 0.2) is 0 Å². The van der Waals surface area contributed by atoms with Gasteiger partial charge in [-0.1, -0.05) is 35.9 Å². The molecule has 2 aromatic carbocycles. The van der Waals surface area contributed by atoms with Gasteiger partial charge in [-0.05, 0) is 16.9 Å². The van der Waals surface area contributed by atoms with Crippen LogP contribution >= 0.6 is 11.6 Å². The van der Waals surface area contributed by atoms with Gasteiger partial charge in [-0.2, -0.15) is 0 Å². The number of fused-ring (bicyclic) bond motifs is 1. The molecule has 15 heavy (non-hydrogen) atoms. The molecule has 0 saturated heterocycles. The fraction of sp³-hybridized carbons (Fsp3) is 0. The molecular formula is C10H7BClFO2. The molecule has 0 heterocycles. The lowest BCUT2D eigenvalue weighted by atomic mass is 9.77. The van der Waals surface area contributed by atoms with Gasteiger partial charge in [0, 0.05) is 5.39 Å². The zero-order valence-corrected chi connectivity index (χ0v) is 8.37. The monoisotopic (exact) mass is 224 g/mol. The molecule has 0 aliphatic heterocycles. The average molecular weight is 224 g/mol. The Labute approximate surface area is 91.1 Å². The minimum atomic E-state index is -1.66. The van der Waals surface area contributed by atoms with Gasteiger partial charge in [-0.25, -0.2) is 4.39 Å². The molecule has 0 aliphatic carbocycles. The minimum Gasteiger partial charge on any atom is -0.423 e. The van der Waals surface area contributed by atoms with Crippen LogP contribution in [0.5, 0.6) is 0 Å². The molecule has 5 heteroatoms. The van der Waals surface area contributed by atoms with Crippen LogP contribution in [-0.2, 0) is 0 Å². The molecule has 0 atom stereocenters. The summed E-state index contributed by atoms with van der Waals surface area (Å²) in [7, 11) is -1.66. The number of hydrogen-bond acceptors (Lipinski definition) is 2. The Balaban J connectivity index is 2.88. The number of benzene rings is 2. The van der Waals surface area contributed by atoms with Crippen LogP contribution in [-0.4, -0.2) is 17.2 Å². The first-order valence-electron chi connectivity index (χ1n) is 4.34. The summed E-state index contributed by atoms with van der Waals surface area (Å²) in [5.74, 6) is -0.572. The van der Waals surface area contributed by atoms with Gasteiger partial charge >= 0.3 is 7.12 Å². The highest BCUT2D eigenvalue weighted by Gasteiger charge is 2.17. The van der Waals surface area contributed by atoms with Crippen LogP contribution < -0.4 is 5.46 Å². The highest BCUT2D eigenvalue weighted by Crippen LogP contribution is 2.24. The van der Waals surface area contributed by atoms with Crippen LogP contribution in [0.15, 0.2) is 30.3 Å². The SMILES string of the molecule is OB(O)c1cccc2ccc(F)c(Cl)c12. The van der Waals surface area contributed by atoms with Crippen LogP contribution in [0, 0.1) is 5.82 Å². The molecule has 2 aromatic rings. The molecule has 0 radical (unpaired) electrons. The molecule has 0 bridgehead atoms. The van der Waals surface area contributed by atoms with Crippen molar-refractivity contribution in [1.29, 1.82) is 0 Å². The first-order chi connectivity index (χ1) is 7.11. The van der Waals surface area contributed by atoms with E-state index >= 15 is 0 Å². The van der Waals surface area contributed by atoms with E-state index in [0.717, 1.165) is 0 Å². The van der Waals surface area contributed by atoms with E-state index in [1.54, 1.807) is 18.2 Å². The van der Waals surface area contributed by atoms with E-state index in [1.165, 1.54) is 12.1 Å². The van der Waals surface area contributed by atoms with E-state index in [0.29, 0.717) is 10.8 Å². The third-order valence-electron chi connectivity index (χ3n) is 2.25. The van der Waals surface area contributed by atoms with Crippen LogP contribution in [0.3, 0.4) is 0 Å². The number of halogens is 2. The van der Waals surface area contributed by atoms with E-state index in [9.17, 15) is 4.39 Å². The summed E-state index contributed by atoms with van der Waals surface area (Å²) >= 11 is 5.78. The van der Waals surface area contributed by atoms with Crippen molar-refractivity contribution in [2.75, 3.05) is 0 Å². The maximum absolute atomic E-state index is 13.2. The number of rotatable bonds is 1. The van der Waals surface area contributed by atoms with Gasteiger partial charge < -0.3 is 10.0 Å². The molecular weight excluding hydrogens is 217 g/mol. The summed E-state index contributed by atoms with van der Waals surface area (Å²) in [5, 5.41) is 19.2. The summed E-state index contributed by atoms with van der Waals surface area (Å²) in [6.45, 7) is 0. The molecule has 0 saturated carbocycles. The smallest absolute Gasteiger partial charge is 0.423 e. The van der Waals surface area contributed by atoms with Crippen LogP contribution in [0.2, 0.25) is 5.02 Å². The third-order valence-corrected chi connectivity index (χ3v) is 2.62. The van der Waals surface area contributed by atoms with E-state index < -0.39 is 12.9 Å². The highest BCUT2D eigenvalue weighted by molar-refractivity contribution is 6.63. The van der Waals surface area contributed by atoms with Crippen molar-refractivity contribution in [1.82, 2.24) is 0 Å². The molecule has 0 spiro atoms. The maximum atomic E-state index is 13.2. The number of hydrogen-bond donors (Lipinski definition) is 2. The summed E-state index contributed by atoms with van der Waals surface area (Å²) in [5.41, 5.74) is 0.206. The average Bonchev–Trinajstić information content (AvgIpc) is 2.23. The van der Waals surface area contributed by atoms with E-state index in [-0.39, 0.29) is 10.5 Å². The van der Waals surface area contributed by atoms with Gasteiger partial charge in [0.1, 0.15) is 5.82 Å². The lowest BCUT2D eigenvalue weighted by Gasteiger charge is -2.07. The minimum absolute atomic E-state index is 0.0869. The predicted octanol–water partition coefficient (Wildman–Crippen LogP) is 1.31. The highest BCUT2D eigenvalue weighted by atomic mass is 35.5. The van der Waals surface area contributed by atoms with E-state index in [1.807, 2.05) is 0 Å². The first-order valence-corrected chi connectivity index (χ1v) is 4.72. The molecule has 0 unspecified atom stereocenters. The molecule has 2 rings (SSSR count). The second-order valence-electron chi connectivity index (χ2n) is 3.18. The summed E-state index contributed by atoms with van der Waals surface area (Å²) in [6.07, 6.45) is 0. The Hall–Kier alpha value is -1.10. The van der Waals surface area contributed by atoms with Crippen molar-refractivity contribution in [2.24, 2.45) is 0 Å². The van der Waals surface area contributed by atoms with Gasteiger partial charge in [0.05, 0.1) is 5.02 Å². The summed E-state index contributed by atoms with van der Waals surface area (Å²) < 4.78 is 13.2. The van der Waals surface area contributed by atoms with Gasteiger partial charge in [-0.15, -0.1) is 0 Å². The van der Waals surface area contributed by atoms with Crippen molar-refractivity contribution >= 4 is 35.0 Å². The summed E-state index contributed by atoms with van der Waals surface area (Å²) in [4.78, 5) is 0. The largest absolute Gasteiger partial charge is 0.489 e. The molecule has 0 fully saturated rings. The van der Waals surface area contributed by atoms with Crippen molar-refractivity contribution in [3.8, 4) is 0 Å². The zero-order chi connectivity index (χ0) is 11.0. The molecule has 76 valence electrons. The molecule has 0 amide bonds. The topological polar surface area (TPSA) is 40.5 Å². The van der Waals surface area contributed by atoms with E-state index in [4.69, 9.17) is 21.6 Å². The molecule has 2 nitrogen and oxygen atoms in total.